The first-order valence-electron chi connectivity index (χ1n) is 1.85. The van der Waals surface area contributed by atoms with Crippen molar-refractivity contribution < 1.29 is 12.4 Å². The van der Waals surface area contributed by atoms with Gasteiger partial charge in [0.2, 0.25) is 0 Å². The van der Waals surface area contributed by atoms with Gasteiger partial charge in [0, 0.05) is 0 Å². The van der Waals surface area contributed by atoms with Crippen molar-refractivity contribution >= 4 is 23.1 Å². The van der Waals surface area contributed by atoms with Crippen molar-refractivity contribution in [3.63, 3.8) is 0 Å². The summed E-state index contributed by atoms with van der Waals surface area (Å²) in [6, 6.07) is 0. The third kappa shape index (κ3) is 19.4. The maximum absolute atomic E-state index is 3.61. The Hall–Kier alpha value is 1.02. The van der Waals surface area contributed by atoms with Crippen molar-refractivity contribution in [1.29, 1.82) is 0 Å². The van der Waals surface area contributed by atoms with Crippen molar-refractivity contribution in [2.75, 3.05) is 13.6 Å². The van der Waals surface area contributed by atoms with Gasteiger partial charge in [-0.25, -0.2) is 0 Å². The monoisotopic (exact) mass is 131 g/mol. The Balaban J connectivity index is -0.0000000800. The van der Waals surface area contributed by atoms with Gasteiger partial charge in [0.15, 0.2) is 0 Å². The van der Waals surface area contributed by atoms with Crippen LogP contribution in [0.5, 0.6) is 0 Å². The fraction of sp³-hybridized carbons (Fsp3) is 0.750. The van der Waals surface area contributed by atoms with Crippen LogP contribution in [0.25, 0.3) is 0 Å². The third-order valence-electron chi connectivity index (χ3n) is 0.427. The summed E-state index contributed by atoms with van der Waals surface area (Å²) in [4.78, 5) is 0. The molecule has 0 bridgehead atoms. The molecule has 0 atom stereocenters. The van der Waals surface area contributed by atoms with E-state index < -0.39 is 0 Å². The van der Waals surface area contributed by atoms with E-state index in [-0.39, 0.29) is 35.5 Å². The Bertz CT molecular complexity index is 19.2. The van der Waals surface area contributed by atoms with Gasteiger partial charge in [0.25, 0.3) is 0 Å². The molecule has 1 N–H and O–H groups in total. The first kappa shape index (κ1) is 15.7. The summed E-state index contributed by atoms with van der Waals surface area (Å²) in [6.45, 7) is 4.64. The Kier molecular flexibility index (Phi) is 35.3. The molecule has 0 aromatic rings. The summed E-state index contributed by atoms with van der Waals surface area (Å²) >= 11 is 0. The summed E-state index contributed by atoms with van der Waals surface area (Å²) in [5.41, 5.74) is 0. The normalized spacial score (nSPS) is 6.00. The molecule has 3 heteroatoms. The van der Waals surface area contributed by atoms with Crippen LogP contribution < -0.4 is 17.7 Å². The summed E-state index contributed by atoms with van der Waals surface area (Å²) in [5.74, 6) is 0. The van der Waals surface area contributed by atoms with E-state index in [1.807, 2.05) is 7.05 Å². The summed E-state index contributed by atoms with van der Waals surface area (Å²) in [7, 11) is 1.92. The van der Waals surface area contributed by atoms with Gasteiger partial charge in [-0.1, -0.05) is 0 Å². The van der Waals surface area contributed by atoms with Gasteiger partial charge >= 0.3 is 23.1 Å². The molecular weight excluding hydrogens is 122 g/mol. The molecule has 0 amide bonds. The molecule has 0 saturated heterocycles. The van der Waals surface area contributed by atoms with Crippen LogP contribution in [0.15, 0.2) is 0 Å². The number of nitrogens with one attached hydrogen (secondary N) is 1. The van der Waals surface area contributed by atoms with Gasteiger partial charge in [-0.3, -0.25) is 0 Å². The molecule has 0 aliphatic rings. The first-order valence-corrected chi connectivity index (χ1v) is 1.85. The molecule has 0 saturated carbocycles. The van der Waals surface area contributed by atoms with Gasteiger partial charge in [-0.2, -0.15) is 6.42 Å². The molecule has 0 aliphatic heterocycles. The van der Waals surface area contributed by atoms with Crippen molar-refractivity contribution in [1.82, 2.24) is 5.32 Å². The summed E-state index contributed by atoms with van der Waals surface area (Å²) < 4.78 is 0. The molecule has 0 aromatic carbocycles. The molecule has 0 aliphatic carbocycles. The molecule has 40 valence electrons. The van der Waals surface area contributed by atoms with Crippen LogP contribution >= 0.6 is 0 Å². The Labute approximate surface area is 67.8 Å². The van der Waals surface area contributed by atoms with Crippen LogP contribution in [-0.2, 0) is 0 Å². The molecule has 0 aromatic heterocycles. The fourth-order valence-corrected chi connectivity index (χ4v) is 0.177. The second-order valence-electron chi connectivity index (χ2n) is 0.957. The minimum absolute atomic E-state index is 0. The molecule has 0 spiro atoms. The molecule has 0 radical (unpaired) electrons. The van der Waals surface area contributed by atoms with E-state index in [1.54, 1.807) is 0 Å². The number of hydrogen-bond acceptors (Lipinski definition) is 1. The van der Waals surface area contributed by atoms with Crippen molar-refractivity contribution in [3.05, 3.63) is 6.92 Å². The molecule has 0 unspecified atom stereocenters. The maximum atomic E-state index is 3.61. The van der Waals surface area contributed by atoms with Crippen LogP contribution in [0.1, 0.15) is 6.42 Å². The average molecular weight is 132 g/mol. The summed E-state index contributed by atoms with van der Waals surface area (Å²) in [5, 5.41) is 2.95. The van der Waals surface area contributed by atoms with E-state index in [1.165, 1.54) is 0 Å². The van der Waals surface area contributed by atoms with E-state index >= 15 is 0 Å². The quantitative estimate of drug-likeness (QED) is 0.313. The second kappa shape index (κ2) is 15.7. The van der Waals surface area contributed by atoms with Crippen LogP contribution in [0.3, 0.4) is 0 Å². The van der Waals surface area contributed by atoms with E-state index in [9.17, 15) is 0 Å². The molecule has 0 heterocycles. The van der Waals surface area contributed by atoms with Crippen molar-refractivity contribution in [2.24, 2.45) is 0 Å². The first-order chi connectivity index (χ1) is 2.41. The number of rotatable bonds is 2. The standard InChI is InChI=1S/C4H10N.ClH.Mg/c1-3-4-5-2;;/h5H,1,3-4H2,2H3;1H;/q-1;;+2/p-1. The van der Waals surface area contributed by atoms with Crippen molar-refractivity contribution in [2.45, 2.75) is 6.42 Å². The second-order valence-corrected chi connectivity index (χ2v) is 0.957. The smallest absolute Gasteiger partial charge is 1.00 e. The van der Waals surface area contributed by atoms with Gasteiger partial charge in [-0.15, -0.1) is 0 Å². The van der Waals surface area contributed by atoms with Crippen LogP contribution in [0, 0.1) is 6.92 Å². The van der Waals surface area contributed by atoms with Gasteiger partial charge in [0.1, 0.15) is 0 Å². The Morgan fingerprint density at radius 3 is 2.00 bits per heavy atom. The zero-order valence-electron chi connectivity index (χ0n) is 4.71. The fourth-order valence-electron chi connectivity index (χ4n) is 0.177. The zero-order chi connectivity index (χ0) is 4.12. The molecule has 0 rings (SSSR count). The Morgan fingerprint density at radius 2 is 2.00 bits per heavy atom. The van der Waals surface area contributed by atoms with Gasteiger partial charge < -0.3 is 24.6 Å². The number of halogens is 1. The van der Waals surface area contributed by atoms with Gasteiger partial charge in [0.05, 0.1) is 0 Å². The predicted octanol–water partition coefficient (Wildman–Crippen LogP) is -2.95. The predicted molar refractivity (Wildman–Crippen MR) is 29.7 cm³/mol. The van der Waals surface area contributed by atoms with E-state index in [2.05, 4.69) is 12.2 Å². The molecular formula is C4H10ClMgN. The Morgan fingerprint density at radius 1 is 1.57 bits per heavy atom. The zero-order valence-corrected chi connectivity index (χ0v) is 6.88. The third-order valence-corrected chi connectivity index (χ3v) is 0.427. The van der Waals surface area contributed by atoms with Crippen molar-refractivity contribution in [3.8, 4) is 0 Å². The largest absolute Gasteiger partial charge is 2.00 e. The topological polar surface area (TPSA) is 12.0 Å². The minimum Gasteiger partial charge on any atom is -1.00 e. The molecule has 0 fully saturated rings. The summed E-state index contributed by atoms with van der Waals surface area (Å²) in [6.07, 6.45) is 0.983. The molecule has 1 nitrogen and oxygen atoms in total. The SMILES string of the molecule is [CH2-]CCNC.[Cl-].[Mg+2]. The van der Waals surface area contributed by atoms with Gasteiger partial charge in [-0.05, 0) is 13.6 Å². The minimum atomic E-state index is 0. The van der Waals surface area contributed by atoms with Crippen LogP contribution in [0.4, 0.5) is 0 Å². The maximum Gasteiger partial charge on any atom is 2.00 e. The van der Waals surface area contributed by atoms with E-state index in [4.69, 9.17) is 0 Å². The van der Waals surface area contributed by atoms with Crippen LogP contribution in [0.2, 0.25) is 0 Å². The van der Waals surface area contributed by atoms with E-state index in [0.29, 0.717) is 0 Å². The average Bonchev–Trinajstić information content (AvgIpc) is 1.41. The number of hydrogen-bond donors (Lipinski definition) is 1. The molecule has 7 heavy (non-hydrogen) atoms. The van der Waals surface area contributed by atoms with Crippen LogP contribution in [-0.4, -0.2) is 36.6 Å². The van der Waals surface area contributed by atoms with E-state index in [0.717, 1.165) is 13.0 Å².